The number of hydrogen-bond donors (Lipinski definition) is 2. The van der Waals surface area contributed by atoms with Gasteiger partial charge in [-0.2, -0.15) is 0 Å². The molecule has 0 radical (unpaired) electrons. The number of aryl methyl sites for hydroxylation is 3. The summed E-state index contributed by atoms with van der Waals surface area (Å²) in [6.07, 6.45) is 0. The summed E-state index contributed by atoms with van der Waals surface area (Å²) >= 11 is 1.24. The molecule has 3 aromatic rings. The Bertz CT molecular complexity index is 1180. The molecule has 0 unspecified atom stereocenters. The zero-order valence-electron chi connectivity index (χ0n) is 16.2. The summed E-state index contributed by atoms with van der Waals surface area (Å²) in [5.41, 5.74) is 3.53. The number of aromatic nitrogens is 1. The summed E-state index contributed by atoms with van der Waals surface area (Å²) in [6, 6.07) is 6.78. The molecule has 1 heterocycles. The summed E-state index contributed by atoms with van der Waals surface area (Å²) in [4.78, 5) is 15.8. The van der Waals surface area contributed by atoms with E-state index in [0.29, 0.717) is 32.3 Å². The predicted octanol–water partition coefficient (Wildman–Crippen LogP) is 3.99. The first kappa shape index (κ1) is 20.1. The van der Waals surface area contributed by atoms with E-state index in [0.717, 1.165) is 11.1 Å². The van der Waals surface area contributed by atoms with Crippen molar-refractivity contribution in [2.75, 3.05) is 17.1 Å². The molecule has 9 heteroatoms. The van der Waals surface area contributed by atoms with Crippen molar-refractivity contribution in [2.45, 2.75) is 32.6 Å². The normalized spacial score (nSPS) is 11.5. The van der Waals surface area contributed by atoms with Crippen LogP contribution in [0.15, 0.2) is 29.2 Å². The van der Waals surface area contributed by atoms with Gasteiger partial charge in [-0.25, -0.2) is 13.4 Å². The van der Waals surface area contributed by atoms with Crippen LogP contribution in [0.3, 0.4) is 0 Å². The highest BCUT2D eigenvalue weighted by molar-refractivity contribution is 7.92. The van der Waals surface area contributed by atoms with Gasteiger partial charge in [-0.1, -0.05) is 17.4 Å². The van der Waals surface area contributed by atoms with Gasteiger partial charge in [0, 0.05) is 13.0 Å². The van der Waals surface area contributed by atoms with Gasteiger partial charge < -0.3 is 10.1 Å². The quantitative estimate of drug-likeness (QED) is 0.652. The predicted molar refractivity (Wildman–Crippen MR) is 112 cm³/mol. The smallest absolute Gasteiger partial charge is 0.262 e. The van der Waals surface area contributed by atoms with Crippen molar-refractivity contribution < 1.29 is 17.9 Å². The molecule has 0 saturated heterocycles. The van der Waals surface area contributed by atoms with Gasteiger partial charge in [-0.15, -0.1) is 0 Å². The van der Waals surface area contributed by atoms with E-state index in [4.69, 9.17) is 4.74 Å². The molecule has 0 saturated carbocycles. The first-order valence-corrected chi connectivity index (χ1v) is 10.8. The maximum Gasteiger partial charge on any atom is 0.262 e. The minimum atomic E-state index is -3.78. The fourth-order valence-electron chi connectivity index (χ4n) is 2.85. The zero-order valence-corrected chi connectivity index (χ0v) is 17.8. The van der Waals surface area contributed by atoms with Gasteiger partial charge in [0.15, 0.2) is 5.13 Å². The molecule has 0 atom stereocenters. The van der Waals surface area contributed by atoms with Gasteiger partial charge in [0.2, 0.25) is 5.91 Å². The Morgan fingerprint density at radius 2 is 1.75 bits per heavy atom. The number of hydrogen-bond acceptors (Lipinski definition) is 6. The number of nitrogens with zero attached hydrogens (tertiary/aromatic N) is 1. The average Bonchev–Trinajstić information content (AvgIpc) is 2.98. The van der Waals surface area contributed by atoms with Gasteiger partial charge in [0.05, 0.1) is 22.4 Å². The van der Waals surface area contributed by atoms with E-state index in [1.54, 1.807) is 25.1 Å². The van der Waals surface area contributed by atoms with Crippen molar-refractivity contribution in [3.63, 3.8) is 0 Å². The topological polar surface area (TPSA) is 97.4 Å². The van der Waals surface area contributed by atoms with Crippen molar-refractivity contribution in [3.05, 3.63) is 41.0 Å². The lowest BCUT2D eigenvalue weighted by atomic mass is 10.1. The third-order valence-electron chi connectivity index (χ3n) is 4.30. The van der Waals surface area contributed by atoms with Gasteiger partial charge in [0.25, 0.3) is 10.0 Å². The van der Waals surface area contributed by atoms with Crippen molar-refractivity contribution in [2.24, 2.45) is 0 Å². The molecule has 7 nitrogen and oxygen atoms in total. The first-order valence-electron chi connectivity index (χ1n) is 8.47. The first-order chi connectivity index (χ1) is 13.1. The van der Waals surface area contributed by atoms with Crippen LogP contribution >= 0.6 is 11.3 Å². The number of anilines is 2. The monoisotopic (exact) mass is 419 g/mol. The Labute approximate surface area is 167 Å². The highest BCUT2D eigenvalue weighted by atomic mass is 32.2. The molecule has 0 fully saturated rings. The number of nitrogens with one attached hydrogen (secondary N) is 2. The third-order valence-corrected chi connectivity index (χ3v) is 6.74. The van der Waals surface area contributed by atoms with Gasteiger partial charge in [-0.05, 0) is 49.6 Å². The summed E-state index contributed by atoms with van der Waals surface area (Å²) in [5, 5.41) is 3.05. The number of carbonyl (C=O) groups excluding carboxylic acids is 1. The van der Waals surface area contributed by atoms with Crippen molar-refractivity contribution >= 4 is 48.3 Å². The third kappa shape index (κ3) is 3.95. The van der Waals surface area contributed by atoms with Crippen molar-refractivity contribution in [3.8, 4) is 5.75 Å². The molecule has 2 aromatic carbocycles. The number of methoxy groups -OCH3 is 1. The number of sulfonamides is 1. The Morgan fingerprint density at radius 3 is 2.39 bits per heavy atom. The molecule has 0 bridgehead atoms. The summed E-state index contributed by atoms with van der Waals surface area (Å²) in [7, 11) is -2.30. The van der Waals surface area contributed by atoms with Gasteiger partial charge >= 0.3 is 0 Å². The molecule has 2 N–H and O–H groups in total. The van der Waals surface area contributed by atoms with E-state index in [1.807, 2.05) is 19.9 Å². The number of benzene rings is 2. The molecular weight excluding hydrogens is 398 g/mol. The molecule has 1 amide bonds. The Morgan fingerprint density at radius 1 is 1.07 bits per heavy atom. The average molecular weight is 420 g/mol. The second kappa shape index (κ2) is 7.40. The molecule has 3 rings (SSSR count). The minimum Gasteiger partial charge on any atom is -0.494 e. The lowest BCUT2D eigenvalue weighted by Gasteiger charge is -2.13. The van der Waals surface area contributed by atoms with Crippen LogP contribution in [-0.4, -0.2) is 26.4 Å². The van der Waals surface area contributed by atoms with E-state index >= 15 is 0 Å². The van der Waals surface area contributed by atoms with Crippen LogP contribution in [0.4, 0.5) is 10.8 Å². The zero-order chi connectivity index (χ0) is 20.6. The van der Waals surface area contributed by atoms with Crippen LogP contribution in [0.5, 0.6) is 5.75 Å². The van der Waals surface area contributed by atoms with Gasteiger partial charge in [0.1, 0.15) is 11.3 Å². The Balaban J connectivity index is 2.04. The number of fused-ring (bicyclic) bond motifs is 1. The standard InChI is InChI=1S/C19H21N3O4S2/c1-10-6-12(3)17(7-11(10)2)28(24,25)22-14-8-15(26-5)18-16(9-14)27-19(21-18)20-13(4)23/h6-9,22H,1-5H3,(H,20,21,23). The summed E-state index contributed by atoms with van der Waals surface area (Å²) in [6.45, 7) is 6.99. The molecule has 0 aliphatic carbocycles. The summed E-state index contributed by atoms with van der Waals surface area (Å²) < 4.78 is 34.6. The maximum atomic E-state index is 13.0. The van der Waals surface area contributed by atoms with Crippen LogP contribution in [-0.2, 0) is 14.8 Å². The van der Waals surface area contributed by atoms with Crippen molar-refractivity contribution in [1.82, 2.24) is 4.98 Å². The van der Waals surface area contributed by atoms with Crippen molar-refractivity contribution in [1.29, 1.82) is 0 Å². The molecule has 0 aliphatic rings. The van der Waals surface area contributed by atoms with Gasteiger partial charge in [-0.3, -0.25) is 9.52 Å². The molecule has 0 aliphatic heterocycles. The molecule has 28 heavy (non-hydrogen) atoms. The number of ether oxygens (including phenoxy) is 1. The molecule has 148 valence electrons. The van der Waals surface area contributed by atoms with E-state index < -0.39 is 10.0 Å². The van der Waals surface area contributed by atoms with E-state index in [9.17, 15) is 13.2 Å². The van der Waals surface area contributed by atoms with Crippen LogP contribution in [0.1, 0.15) is 23.6 Å². The fraction of sp³-hybridized carbons (Fsp3) is 0.263. The molecule has 0 spiro atoms. The summed E-state index contributed by atoms with van der Waals surface area (Å²) in [5.74, 6) is 0.184. The number of carbonyl (C=O) groups is 1. The number of rotatable bonds is 5. The second-order valence-corrected chi connectivity index (χ2v) is 9.21. The van der Waals surface area contributed by atoms with E-state index in [-0.39, 0.29) is 10.8 Å². The lowest BCUT2D eigenvalue weighted by molar-refractivity contribution is -0.114. The Hall–Kier alpha value is -2.65. The molecule has 1 aromatic heterocycles. The molecular formula is C19H21N3O4S2. The maximum absolute atomic E-state index is 13.0. The lowest BCUT2D eigenvalue weighted by Crippen LogP contribution is -2.15. The second-order valence-electron chi connectivity index (χ2n) is 6.53. The van der Waals surface area contributed by atoms with Crippen LogP contribution in [0.25, 0.3) is 10.2 Å². The van der Waals surface area contributed by atoms with E-state index in [1.165, 1.54) is 25.4 Å². The minimum absolute atomic E-state index is 0.232. The number of thiazole rings is 1. The fourth-order valence-corrected chi connectivity index (χ4v) is 5.17. The largest absolute Gasteiger partial charge is 0.494 e. The number of amides is 1. The van der Waals surface area contributed by atoms with Crippen LogP contribution in [0.2, 0.25) is 0 Å². The SMILES string of the molecule is COc1cc(NS(=O)(=O)c2cc(C)c(C)cc2C)cc2sc(NC(C)=O)nc12. The highest BCUT2D eigenvalue weighted by Gasteiger charge is 2.20. The van der Waals surface area contributed by atoms with Crippen LogP contribution < -0.4 is 14.8 Å². The van der Waals surface area contributed by atoms with E-state index in [2.05, 4.69) is 15.0 Å². The highest BCUT2D eigenvalue weighted by Crippen LogP contribution is 2.36. The van der Waals surface area contributed by atoms with Crippen LogP contribution in [0, 0.1) is 20.8 Å². The Kier molecular flexibility index (Phi) is 5.31.